The predicted octanol–water partition coefficient (Wildman–Crippen LogP) is 1.31. The fraction of sp³-hybridized carbons (Fsp3) is 0.111. The quantitative estimate of drug-likeness (QED) is 0.785. The van der Waals surface area contributed by atoms with Gasteiger partial charge in [-0.15, -0.1) is 11.3 Å². The Labute approximate surface area is 115 Å². The van der Waals surface area contributed by atoms with Crippen molar-refractivity contribution in [2.45, 2.75) is 11.1 Å². The molecule has 0 spiro atoms. The zero-order valence-corrected chi connectivity index (χ0v) is 11.9. The van der Waals surface area contributed by atoms with Gasteiger partial charge in [-0.05, 0) is 19.1 Å². The molecule has 0 fully saturated rings. The Hall–Kier alpha value is -1.65. The number of aryl methyl sites for hydroxylation is 1. The van der Waals surface area contributed by atoms with Gasteiger partial charge in [0.25, 0.3) is 10.0 Å². The predicted molar refractivity (Wildman–Crippen MR) is 71.8 cm³/mol. The maximum absolute atomic E-state index is 12.0. The molecule has 0 aliphatic carbocycles. The molecule has 2 heterocycles. The smallest absolute Gasteiger partial charge is 0.345 e. The average molecular weight is 320 g/mol. The Morgan fingerprint density at radius 1 is 1.37 bits per heavy atom. The number of hydrogen-bond donors (Lipinski definition) is 3. The summed E-state index contributed by atoms with van der Waals surface area (Å²) in [5.41, 5.74) is 0.248. The first-order valence-electron chi connectivity index (χ1n) is 4.85. The minimum absolute atomic E-state index is 0.0247. The highest BCUT2D eigenvalue weighted by Gasteiger charge is 2.21. The lowest BCUT2D eigenvalue weighted by Crippen LogP contribution is -2.11. The highest BCUT2D eigenvalue weighted by Crippen LogP contribution is 2.26. The van der Waals surface area contributed by atoms with Crippen molar-refractivity contribution in [3.8, 4) is 0 Å². The monoisotopic (exact) mass is 320 g/mol. The van der Waals surface area contributed by atoms with Gasteiger partial charge in [0, 0.05) is 5.69 Å². The molecule has 10 heteroatoms. The lowest BCUT2D eigenvalue weighted by Gasteiger charge is -2.03. The molecule has 0 atom stereocenters. The van der Waals surface area contributed by atoms with Gasteiger partial charge in [-0.1, -0.05) is 11.3 Å². The fourth-order valence-corrected chi connectivity index (χ4v) is 4.67. The largest absolute Gasteiger partial charge is 0.477 e. The number of carboxylic acids is 1. The molecule has 0 saturated carbocycles. The van der Waals surface area contributed by atoms with Crippen molar-refractivity contribution >= 4 is 43.7 Å². The summed E-state index contributed by atoms with van der Waals surface area (Å²) in [6.45, 7) is 1.48. The summed E-state index contributed by atoms with van der Waals surface area (Å²) in [6.07, 6.45) is 0. The van der Waals surface area contributed by atoms with Crippen molar-refractivity contribution in [3.05, 3.63) is 32.4 Å². The summed E-state index contributed by atoms with van der Waals surface area (Å²) in [6, 6.07) is 2.66. The van der Waals surface area contributed by atoms with E-state index < -0.39 is 20.9 Å². The van der Waals surface area contributed by atoms with E-state index in [1.807, 2.05) is 0 Å². The summed E-state index contributed by atoms with van der Waals surface area (Å²) in [5, 5.41) is 8.93. The first kappa shape index (κ1) is 13.8. The minimum Gasteiger partial charge on any atom is -0.477 e. The zero-order chi connectivity index (χ0) is 14.2. The Kier molecular flexibility index (Phi) is 3.47. The van der Waals surface area contributed by atoms with Gasteiger partial charge in [-0.3, -0.25) is 9.52 Å². The van der Waals surface area contributed by atoms with Gasteiger partial charge in [0.2, 0.25) is 0 Å². The van der Waals surface area contributed by atoms with E-state index in [4.69, 9.17) is 5.11 Å². The van der Waals surface area contributed by atoms with Crippen LogP contribution in [0.2, 0.25) is 0 Å². The number of hydrogen-bond acceptors (Lipinski definition) is 6. The van der Waals surface area contributed by atoms with Crippen LogP contribution in [0.3, 0.4) is 0 Å². The molecule has 19 heavy (non-hydrogen) atoms. The van der Waals surface area contributed by atoms with Crippen LogP contribution in [-0.4, -0.2) is 24.5 Å². The van der Waals surface area contributed by atoms with E-state index >= 15 is 0 Å². The van der Waals surface area contributed by atoms with E-state index in [0.717, 1.165) is 11.3 Å². The van der Waals surface area contributed by atoms with Crippen molar-refractivity contribution in [1.29, 1.82) is 0 Å². The highest BCUT2D eigenvalue weighted by atomic mass is 32.2. The first-order chi connectivity index (χ1) is 8.79. The second-order valence-electron chi connectivity index (χ2n) is 3.50. The molecule has 0 radical (unpaired) electrons. The van der Waals surface area contributed by atoms with Crippen LogP contribution < -0.4 is 9.60 Å². The summed E-state index contributed by atoms with van der Waals surface area (Å²) >= 11 is 1.38. The topological polar surface area (TPSA) is 116 Å². The third-order valence-corrected chi connectivity index (χ3v) is 6.17. The van der Waals surface area contributed by atoms with Crippen LogP contribution in [0.4, 0.5) is 5.00 Å². The first-order valence-corrected chi connectivity index (χ1v) is 7.97. The summed E-state index contributed by atoms with van der Waals surface area (Å²) in [7, 11) is -3.88. The number of aromatic amines is 1. The lowest BCUT2D eigenvalue weighted by molar-refractivity contribution is 0.0702. The summed E-state index contributed by atoms with van der Waals surface area (Å²) in [5.74, 6) is -1.13. The van der Waals surface area contributed by atoms with Gasteiger partial charge in [0.1, 0.15) is 9.88 Å². The van der Waals surface area contributed by atoms with Crippen LogP contribution in [0, 0.1) is 6.92 Å². The maximum atomic E-state index is 12.0. The summed E-state index contributed by atoms with van der Waals surface area (Å²) < 4.78 is 26.2. The number of H-pyrrole nitrogens is 1. The molecule has 0 amide bonds. The van der Waals surface area contributed by atoms with Crippen LogP contribution in [0.25, 0.3) is 0 Å². The molecule has 0 aliphatic rings. The number of carboxylic acid groups (broad SMARTS) is 1. The standard InChI is InChI=1S/C9H8N2O5S3/c1-4-8(18-9(14)10-4)19(15,16)11-6-3-2-5(17-6)7(12)13/h2-3,11H,1H3,(H,10,14)(H,12,13). The molecule has 3 N–H and O–H groups in total. The molecule has 2 aromatic rings. The molecule has 2 aromatic heterocycles. The van der Waals surface area contributed by atoms with Gasteiger partial charge in [-0.2, -0.15) is 0 Å². The number of aromatic nitrogens is 1. The second kappa shape index (κ2) is 4.79. The third-order valence-electron chi connectivity index (χ3n) is 2.08. The van der Waals surface area contributed by atoms with Crippen LogP contribution >= 0.6 is 22.7 Å². The van der Waals surface area contributed by atoms with E-state index in [2.05, 4.69) is 9.71 Å². The normalized spacial score (nSPS) is 11.4. The van der Waals surface area contributed by atoms with Gasteiger partial charge in [0.15, 0.2) is 4.21 Å². The number of anilines is 1. The molecule has 0 unspecified atom stereocenters. The van der Waals surface area contributed by atoms with Crippen molar-refractivity contribution in [1.82, 2.24) is 4.98 Å². The number of nitrogens with one attached hydrogen (secondary N) is 2. The van der Waals surface area contributed by atoms with Gasteiger partial charge in [0.05, 0.1) is 0 Å². The number of sulfonamides is 1. The maximum Gasteiger partial charge on any atom is 0.345 e. The van der Waals surface area contributed by atoms with E-state index in [9.17, 15) is 18.0 Å². The van der Waals surface area contributed by atoms with Crippen molar-refractivity contribution in [2.75, 3.05) is 4.72 Å². The van der Waals surface area contributed by atoms with Crippen molar-refractivity contribution in [2.24, 2.45) is 0 Å². The third kappa shape index (κ3) is 2.85. The molecule has 0 saturated heterocycles. The Bertz CT molecular complexity index is 783. The van der Waals surface area contributed by atoms with Gasteiger partial charge in [-0.25, -0.2) is 13.2 Å². The van der Waals surface area contributed by atoms with Crippen LogP contribution in [0.15, 0.2) is 21.1 Å². The van der Waals surface area contributed by atoms with Crippen LogP contribution in [-0.2, 0) is 10.0 Å². The summed E-state index contributed by atoms with van der Waals surface area (Å²) in [4.78, 5) is 23.7. The van der Waals surface area contributed by atoms with E-state index in [-0.39, 0.29) is 19.8 Å². The molecular formula is C9H8N2O5S3. The van der Waals surface area contributed by atoms with Crippen molar-refractivity contribution in [3.63, 3.8) is 0 Å². The SMILES string of the molecule is Cc1[nH]c(=O)sc1S(=O)(=O)Nc1ccc(C(=O)O)s1. The second-order valence-corrected chi connectivity index (χ2v) is 7.45. The average Bonchev–Trinajstić information content (AvgIpc) is 2.85. The van der Waals surface area contributed by atoms with E-state index in [1.54, 1.807) is 0 Å². The van der Waals surface area contributed by atoms with Crippen molar-refractivity contribution < 1.29 is 18.3 Å². The number of rotatable bonds is 4. The Morgan fingerprint density at radius 2 is 2.05 bits per heavy atom. The fourth-order valence-electron chi connectivity index (χ4n) is 1.33. The molecular weight excluding hydrogens is 312 g/mol. The van der Waals surface area contributed by atoms with E-state index in [1.165, 1.54) is 19.1 Å². The van der Waals surface area contributed by atoms with Crippen LogP contribution in [0.1, 0.15) is 15.4 Å². The number of carbonyl (C=O) groups is 1. The van der Waals surface area contributed by atoms with E-state index in [0.29, 0.717) is 11.3 Å². The Balaban J connectivity index is 2.33. The molecule has 102 valence electrons. The molecule has 2 rings (SSSR count). The zero-order valence-electron chi connectivity index (χ0n) is 9.46. The van der Waals surface area contributed by atoms with Gasteiger partial charge >= 0.3 is 10.8 Å². The highest BCUT2D eigenvalue weighted by molar-refractivity contribution is 7.94. The molecule has 0 bridgehead atoms. The van der Waals surface area contributed by atoms with Crippen LogP contribution in [0.5, 0.6) is 0 Å². The molecule has 0 aromatic carbocycles. The number of thiophene rings is 1. The molecule has 0 aliphatic heterocycles. The molecule has 7 nitrogen and oxygen atoms in total. The Morgan fingerprint density at radius 3 is 2.53 bits per heavy atom. The number of aromatic carboxylic acids is 1. The minimum atomic E-state index is -3.88. The van der Waals surface area contributed by atoms with Gasteiger partial charge < -0.3 is 10.1 Å². The lowest BCUT2D eigenvalue weighted by atomic mass is 10.5. The number of thiazole rings is 1.